The molecule has 3 aromatic rings. The van der Waals surface area contributed by atoms with E-state index >= 15 is 0 Å². The molecule has 3 rings (SSSR count). The van der Waals surface area contributed by atoms with Crippen LogP contribution < -0.4 is 14.9 Å². The van der Waals surface area contributed by atoms with Crippen LogP contribution in [-0.4, -0.2) is 34.9 Å². The van der Waals surface area contributed by atoms with Gasteiger partial charge in [-0.2, -0.15) is 10.2 Å². The second-order valence-corrected chi connectivity index (χ2v) is 7.62. The van der Waals surface area contributed by atoms with Gasteiger partial charge in [-0.25, -0.2) is 10.2 Å². The number of benzene rings is 1. The first-order valence-electron chi connectivity index (χ1n) is 9.69. The predicted molar refractivity (Wildman–Crippen MR) is 114 cm³/mol. The van der Waals surface area contributed by atoms with Crippen LogP contribution in [0, 0.1) is 0 Å². The zero-order chi connectivity index (χ0) is 22.4. The number of carbonyl (C=O) groups excluding carboxylic acids is 2. The van der Waals surface area contributed by atoms with Gasteiger partial charge in [0.15, 0.2) is 17.2 Å². The first-order chi connectivity index (χ1) is 14.8. The number of ether oxygens (including phenoxy) is 2. The Morgan fingerprint density at radius 3 is 2.68 bits per heavy atom. The minimum atomic E-state index is -0.631. The lowest BCUT2D eigenvalue weighted by Gasteiger charge is -2.14. The van der Waals surface area contributed by atoms with E-state index in [-0.39, 0.29) is 22.6 Å². The minimum absolute atomic E-state index is 0.0868. The average Bonchev–Trinajstić information content (AvgIpc) is 3.42. The van der Waals surface area contributed by atoms with Gasteiger partial charge in [0.1, 0.15) is 0 Å². The summed E-state index contributed by atoms with van der Waals surface area (Å²) in [6.07, 6.45) is 2.84. The van der Waals surface area contributed by atoms with Gasteiger partial charge in [-0.05, 0) is 48.9 Å². The average molecular weight is 424 g/mol. The van der Waals surface area contributed by atoms with Gasteiger partial charge in [-0.1, -0.05) is 20.8 Å². The summed E-state index contributed by atoms with van der Waals surface area (Å²) in [7, 11) is 0. The lowest BCUT2D eigenvalue weighted by atomic mass is 9.92. The molecule has 9 nitrogen and oxygen atoms in total. The number of hydrazone groups is 1. The molecule has 2 heterocycles. The highest BCUT2D eigenvalue weighted by molar-refractivity contribution is 5.93. The number of nitrogens with one attached hydrogen (secondary N) is 2. The number of hydrogen-bond acceptors (Lipinski definition) is 7. The summed E-state index contributed by atoms with van der Waals surface area (Å²) >= 11 is 0. The van der Waals surface area contributed by atoms with Crippen molar-refractivity contribution in [2.75, 3.05) is 6.61 Å². The number of carbonyl (C=O) groups is 2. The summed E-state index contributed by atoms with van der Waals surface area (Å²) in [5, 5.41) is 10.8. The molecule has 0 aliphatic heterocycles. The van der Waals surface area contributed by atoms with Crippen molar-refractivity contribution in [2.45, 2.75) is 33.1 Å². The molecule has 1 aromatic carbocycles. The Morgan fingerprint density at radius 1 is 1.23 bits per heavy atom. The lowest BCUT2D eigenvalue weighted by Crippen LogP contribution is -2.18. The maximum Gasteiger partial charge on any atom is 0.379 e. The fraction of sp³-hybridized carbons (Fsp3) is 0.273. The van der Waals surface area contributed by atoms with E-state index < -0.39 is 11.9 Å². The Bertz CT molecular complexity index is 1080. The van der Waals surface area contributed by atoms with Crippen molar-refractivity contribution in [1.82, 2.24) is 15.6 Å². The van der Waals surface area contributed by atoms with Crippen molar-refractivity contribution in [3.05, 3.63) is 65.4 Å². The number of H-pyrrole nitrogens is 1. The van der Waals surface area contributed by atoms with Crippen LogP contribution in [0.4, 0.5) is 0 Å². The summed E-state index contributed by atoms with van der Waals surface area (Å²) in [6.45, 7) is 8.25. The lowest BCUT2D eigenvalue weighted by molar-refractivity contribution is 0.0695. The highest BCUT2D eigenvalue weighted by Crippen LogP contribution is 2.29. The SMILES string of the molecule is CCOc1cc(/C=N\NC(=O)c2cc(C(C)(C)C)[nH]n2)ccc1OC(=O)c1ccco1. The van der Waals surface area contributed by atoms with E-state index in [1.54, 1.807) is 30.3 Å². The van der Waals surface area contributed by atoms with Gasteiger partial charge in [-0.15, -0.1) is 0 Å². The Labute approximate surface area is 179 Å². The maximum absolute atomic E-state index is 12.2. The van der Waals surface area contributed by atoms with Crippen molar-refractivity contribution >= 4 is 18.1 Å². The number of furan rings is 1. The molecule has 31 heavy (non-hydrogen) atoms. The molecule has 0 saturated carbocycles. The van der Waals surface area contributed by atoms with Crippen LogP contribution in [0.1, 0.15) is 60.0 Å². The molecule has 0 unspecified atom stereocenters. The maximum atomic E-state index is 12.2. The highest BCUT2D eigenvalue weighted by Gasteiger charge is 2.19. The van der Waals surface area contributed by atoms with Gasteiger partial charge in [0.2, 0.25) is 5.76 Å². The third-order valence-electron chi connectivity index (χ3n) is 4.19. The van der Waals surface area contributed by atoms with Gasteiger partial charge in [0.05, 0.1) is 19.1 Å². The summed E-state index contributed by atoms with van der Waals surface area (Å²) in [5.74, 6) is -0.371. The summed E-state index contributed by atoms with van der Waals surface area (Å²) < 4.78 is 15.9. The van der Waals surface area contributed by atoms with Crippen molar-refractivity contribution in [3.63, 3.8) is 0 Å². The second kappa shape index (κ2) is 9.29. The summed E-state index contributed by atoms with van der Waals surface area (Å²) in [4.78, 5) is 24.3. The van der Waals surface area contributed by atoms with Gasteiger partial charge in [-0.3, -0.25) is 9.89 Å². The molecule has 0 fully saturated rings. The molecule has 0 saturated heterocycles. The smallest absolute Gasteiger partial charge is 0.379 e. The Hall–Kier alpha value is -3.88. The Morgan fingerprint density at radius 2 is 2.03 bits per heavy atom. The zero-order valence-corrected chi connectivity index (χ0v) is 17.8. The Balaban J connectivity index is 1.67. The van der Waals surface area contributed by atoms with E-state index in [4.69, 9.17) is 13.9 Å². The van der Waals surface area contributed by atoms with Crippen molar-refractivity contribution in [1.29, 1.82) is 0 Å². The molecule has 9 heteroatoms. The first-order valence-corrected chi connectivity index (χ1v) is 9.69. The van der Waals surface area contributed by atoms with Crippen molar-refractivity contribution in [3.8, 4) is 11.5 Å². The van der Waals surface area contributed by atoms with E-state index in [0.29, 0.717) is 17.9 Å². The normalized spacial score (nSPS) is 11.5. The van der Waals surface area contributed by atoms with Crippen LogP contribution in [0.3, 0.4) is 0 Å². The number of esters is 1. The quantitative estimate of drug-likeness (QED) is 0.258. The van der Waals surface area contributed by atoms with Crippen molar-refractivity contribution < 1.29 is 23.5 Å². The molecule has 162 valence electrons. The van der Waals surface area contributed by atoms with Gasteiger partial charge in [0.25, 0.3) is 5.91 Å². The van der Waals surface area contributed by atoms with Crippen LogP contribution in [0.25, 0.3) is 0 Å². The van der Waals surface area contributed by atoms with Gasteiger partial charge >= 0.3 is 5.97 Å². The third kappa shape index (κ3) is 5.59. The molecular weight excluding hydrogens is 400 g/mol. The van der Waals surface area contributed by atoms with Crippen LogP contribution in [0.15, 0.2) is 52.2 Å². The molecule has 2 N–H and O–H groups in total. The molecule has 0 atom stereocenters. The molecule has 0 aliphatic carbocycles. The van der Waals surface area contributed by atoms with Gasteiger partial charge in [0, 0.05) is 11.1 Å². The van der Waals surface area contributed by atoms with E-state index in [0.717, 1.165) is 5.69 Å². The number of hydrogen-bond donors (Lipinski definition) is 2. The Kier molecular flexibility index (Phi) is 6.54. The number of amides is 1. The van der Waals surface area contributed by atoms with Crippen LogP contribution in [-0.2, 0) is 5.41 Å². The third-order valence-corrected chi connectivity index (χ3v) is 4.19. The largest absolute Gasteiger partial charge is 0.490 e. The monoisotopic (exact) mass is 424 g/mol. The van der Waals surface area contributed by atoms with Crippen LogP contribution in [0.2, 0.25) is 0 Å². The fourth-order valence-electron chi connectivity index (χ4n) is 2.55. The van der Waals surface area contributed by atoms with Gasteiger partial charge < -0.3 is 13.9 Å². The van der Waals surface area contributed by atoms with E-state index in [1.807, 2.05) is 27.7 Å². The van der Waals surface area contributed by atoms with Crippen LogP contribution >= 0.6 is 0 Å². The first kappa shape index (κ1) is 21.8. The highest BCUT2D eigenvalue weighted by atomic mass is 16.6. The summed E-state index contributed by atoms with van der Waals surface area (Å²) in [6, 6.07) is 9.71. The zero-order valence-electron chi connectivity index (χ0n) is 17.8. The standard InChI is InChI=1S/C22H24N4O5/c1-5-29-18-11-14(8-9-16(18)31-21(28)17-7-6-10-30-17)13-23-26-20(27)15-12-19(25-24-15)22(2,3)4/h6-13H,5H2,1-4H3,(H,24,25)(H,26,27)/b23-13-. The topological polar surface area (TPSA) is 119 Å². The molecule has 0 bridgehead atoms. The van der Waals surface area contributed by atoms with E-state index in [9.17, 15) is 9.59 Å². The molecule has 0 aliphatic rings. The number of nitrogens with zero attached hydrogens (tertiary/aromatic N) is 2. The summed E-state index contributed by atoms with van der Waals surface area (Å²) in [5.41, 5.74) is 4.03. The number of aromatic nitrogens is 2. The second-order valence-electron chi connectivity index (χ2n) is 7.62. The fourth-order valence-corrected chi connectivity index (χ4v) is 2.55. The molecular formula is C22H24N4O5. The van der Waals surface area contributed by atoms with E-state index in [2.05, 4.69) is 20.7 Å². The molecule has 0 spiro atoms. The van der Waals surface area contributed by atoms with Crippen LogP contribution in [0.5, 0.6) is 11.5 Å². The minimum Gasteiger partial charge on any atom is -0.490 e. The van der Waals surface area contributed by atoms with Crippen molar-refractivity contribution in [2.24, 2.45) is 5.10 Å². The van der Waals surface area contributed by atoms with E-state index in [1.165, 1.54) is 18.5 Å². The predicted octanol–water partition coefficient (Wildman–Crippen LogP) is 3.68. The molecule has 0 radical (unpaired) electrons. The number of rotatable bonds is 7. The number of aromatic amines is 1. The molecule has 2 aromatic heterocycles. The molecule has 1 amide bonds.